The number of nitrogens with one attached hydrogen (secondary N) is 1. The van der Waals surface area contributed by atoms with Crippen LogP contribution in [0.3, 0.4) is 0 Å². The zero-order valence-electron chi connectivity index (χ0n) is 12.3. The molecule has 0 aliphatic heterocycles. The molecule has 2 aromatic heterocycles. The fourth-order valence-electron chi connectivity index (χ4n) is 2.03. The lowest BCUT2D eigenvalue weighted by atomic mass is 10.2. The van der Waals surface area contributed by atoms with E-state index in [4.69, 9.17) is 4.74 Å². The van der Waals surface area contributed by atoms with Crippen molar-refractivity contribution in [1.29, 1.82) is 0 Å². The molecular weight excluding hydrogens is 318 g/mol. The molecule has 114 valence electrons. The van der Waals surface area contributed by atoms with Crippen molar-refractivity contribution in [1.82, 2.24) is 9.97 Å². The molecule has 7 heteroatoms. The molecule has 2 heterocycles. The van der Waals surface area contributed by atoms with Gasteiger partial charge in [-0.25, -0.2) is 9.97 Å². The Hall–Kier alpha value is -1.99. The largest absolute Gasteiger partial charge is 0.497 e. The van der Waals surface area contributed by atoms with Gasteiger partial charge in [-0.1, -0.05) is 11.3 Å². The Balaban J connectivity index is 1.63. The molecule has 22 heavy (non-hydrogen) atoms. The minimum atomic E-state index is -0.0447. The van der Waals surface area contributed by atoms with Crippen molar-refractivity contribution in [2.75, 3.05) is 12.4 Å². The number of anilines is 1. The molecule has 1 N–H and O–H groups in total. The number of carbonyl (C=O) groups excluding carboxylic acids is 1. The van der Waals surface area contributed by atoms with Gasteiger partial charge >= 0.3 is 0 Å². The summed E-state index contributed by atoms with van der Waals surface area (Å²) in [7, 11) is 1.63. The third-order valence-electron chi connectivity index (χ3n) is 3.12. The molecule has 0 saturated heterocycles. The topological polar surface area (TPSA) is 64.1 Å². The molecule has 1 aromatic carbocycles. The van der Waals surface area contributed by atoms with Crippen LogP contribution in [-0.2, 0) is 11.2 Å². The number of benzene rings is 1. The molecule has 0 saturated carbocycles. The van der Waals surface area contributed by atoms with E-state index in [0.29, 0.717) is 18.0 Å². The average molecular weight is 333 g/mol. The Morgan fingerprint density at radius 1 is 1.36 bits per heavy atom. The van der Waals surface area contributed by atoms with E-state index < -0.39 is 0 Å². The SMILES string of the molecule is COc1ccc2nc(NC(=O)CCc3csc(C)n3)sc2c1. The number of fused-ring (bicyclic) bond motifs is 1. The third-order valence-corrected chi connectivity index (χ3v) is 4.87. The van der Waals surface area contributed by atoms with Gasteiger partial charge in [-0.2, -0.15) is 0 Å². The van der Waals surface area contributed by atoms with Gasteiger partial charge in [0.15, 0.2) is 5.13 Å². The minimum absolute atomic E-state index is 0.0447. The second-order valence-corrected chi connectivity index (χ2v) is 6.85. The van der Waals surface area contributed by atoms with E-state index in [1.165, 1.54) is 11.3 Å². The standard InChI is InChI=1S/C15H15N3O2S2/c1-9-16-10(8-21-9)3-6-14(19)18-15-17-12-5-4-11(20-2)7-13(12)22-15/h4-5,7-8H,3,6H2,1-2H3,(H,17,18,19). The molecule has 0 radical (unpaired) electrons. The van der Waals surface area contributed by atoms with Crippen molar-refractivity contribution < 1.29 is 9.53 Å². The molecular formula is C15H15N3O2S2. The summed E-state index contributed by atoms with van der Waals surface area (Å²) in [6, 6.07) is 5.66. The molecule has 0 unspecified atom stereocenters. The van der Waals surface area contributed by atoms with Crippen LogP contribution in [0.4, 0.5) is 5.13 Å². The summed E-state index contributed by atoms with van der Waals surface area (Å²) in [6.07, 6.45) is 1.05. The Bertz CT molecular complexity index is 810. The second kappa shape index (κ2) is 6.41. The second-order valence-electron chi connectivity index (χ2n) is 4.76. The zero-order valence-corrected chi connectivity index (χ0v) is 13.9. The number of methoxy groups -OCH3 is 1. The van der Waals surface area contributed by atoms with Gasteiger partial charge in [0, 0.05) is 11.8 Å². The van der Waals surface area contributed by atoms with Crippen molar-refractivity contribution in [3.8, 4) is 5.75 Å². The molecule has 5 nitrogen and oxygen atoms in total. The van der Waals surface area contributed by atoms with Crippen LogP contribution in [0, 0.1) is 6.92 Å². The van der Waals surface area contributed by atoms with E-state index in [0.717, 1.165) is 26.7 Å². The van der Waals surface area contributed by atoms with Gasteiger partial charge in [0.2, 0.25) is 5.91 Å². The van der Waals surface area contributed by atoms with Crippen LogP contribution in [0.25, 0.3) is 10.2 Å². The van der Waals surface area contributed by atoms with Gasteiger partial charge in [0.25, 0.3) is 0 Å². The number of thiazole rings is 2. The monoisotopic (exact) mass is 333 g/mol. The molecule has 0 atom stereocenters. The maximum atomic E-state index is 12.0. The van der Waals surface area contributed by atoms with E-state index >= 15 is 0 Å². The van der Waals surface area contributed by atoms with E-state index in [2.05, 4.69) is 15.3 Å². The molecule has 1 amide bonds. The van der Waals surface area contributed by atoms with E-state index in [1.54, 1.807) is 18.4 Å². The maximum Gasteiger partial charge on any atom is 0.226 e. The quantitative estimate of drug-likeness (QED) is 0.774. The molecule has 0 spiro atoms. The fraction of sp³-hybridized carbons (Fsp3) is 0.267. The summed E-state index contributed by atoms with van der Waals surface area (Å²) in [5.74, 6) is 0.740. The summed E-state index contributed by atoms with van der Waals surface area (Å²) < 4.78 is 6.18. The first-order valence-electron chi connectivity index (χ1n) is 6.79. The lowest BCUT2D eigenvalue weighted by Gasteiger charge is -1.99. The minimum Gasteiger partial charge on any atom is -0.497 e. The highest BCUT2D eigenvalue weighted by Crippen LogP contribution is 2.29. The first-order valence-corrected chi connectivity index (χ1v) is 8.49. The van der Waals surface area contributed by atoms with Crippen LogP contribution < -0.4 is 10.1 Å². The Kier molecular flexibility index (Phi) is 4.35. The number of rotatable bonds is 5. The van der Waals surface area contributed by atoms with Crippen molar-refractivity contribution in [2.24, 2.45) is 0 Å². The van der Waals surface area contributed by atoms with E-state index in [9.17, 15) is 4.79 Å². The van der Waals surface area contributed by atoms with Crippen LogP contribution >= 0.6 is 22.7 Å². The molecule has 0 aliphatic rings. The van der Waals surface area contributed by atoms with Crippen molar-refractivity contribution in [3.05, 3.63) is 34.3 Å². The van der Waals surface area contributed by atoms with Gasteiger partial charge in [0.05, 0.1) is 28.0 Å². The predicted molar refractivity (Wildman–Crippen MR) is 90.0 cm³/mol. The average Bonchev–Trinajstić information content (AvgIpc) is 3.09. The first kappa shape index (κ1) is 14.9. The van der Waals surface area contributed by atoms with E-state index in [1.807, 2.05) is 30.5 Å². The lowest BCUT2D eigenvalue weighted by Crippen LogP contribution is -2.12. The molecule has 3 aromatic rings. The number of carbonyl (C=O) groups is 1. The highest BCUT2D eigenvalue weighted by Gasteiger charge is 2.09. The first-order chi connectivity index (χ1) is 10.6. The van der Waals surface area contributed by atoms with Gasteiger partial charge in [-0.15, -0.1) is 11.3 Å². The zero-order chi connectivity index (χ0) is 15.5. The summed E-state index contributed by atoms with van der Waals surface area (Å²) in [5.41, 5.74) is 1.82. The number of hydrogen-bond donors (Lipinski definition) is 1. The van der Waals surface area contributed by atoms with Gasteiger partial charge in [-0.3, -0.25) is 4.79 Å². The van der Waals surface area contributed by atoms with Gasteiger partial charge in [-0.05, 0) is 31.5 Å². The highest BCUT2D eigenvalue weighted by atomic mass is 32.1. The Morgan fingerprint density at radius 3 is 2.95 bits per heavy atom. The van der Waals surface area contributed by atoms with Crippen LogP contribution in [0.2, 0.25) is 0 Å². The maximum absolute atomic E-state index is 12.0. The number of hydrogen-bond acceptors (Lipinski definition) is 6. The highest BCUT2D eigenvalue weighted by molar-refractivity contribution is 7.22. The van der Waals surface area contributed by atoms with Crippen LogP contribution in [0.1, 0.15) is 17.1 Å². The number of nitrogens with zero attached hydrogens (tertiary/aromatic N) is 2. The molecule has 0 aliphatic carbocycles. The normalized spacial score (nSPS) is 10.8. The van der Waals surface area contributed by atoms with Crippen molar-refractivity contribution in [2.45, 2.75) is 19.8 Å². The Labute approximate surface area is 136 Å². The molecule has 0 fully saturated rings. The van der Waals surface area contributed by atoms with Crippen LogP contribution in [-0.4, -0.2) is 23.0 Å². The number of ether oxygens (including phenoxy) is 1. The van der Waals surface area contributed by atoms with Crippen LogP contribution in [0.5, 0.6) is 5.75 Å². The smallest absolute Gasteiger partial charge is 0.226 e. The van der Waals surface area contributed by atoms with Gasteiger partial charge < -0.3 is 10.1 Å². The van der Waals surface area contributed by atoms with E-state index in [-0.39, 0.29) is 5.91 Å². The summed E-state index contributed by atoms with van der Waals surface area (Å²) >= 11 is 3.05. The van der Waals surface area contributed by atoms with Gasteiger partial charge in [0.1, 0.15) is 5.75 Å². The van der Waals surface area contributed by atoms with Crippen molar-refractivity contribution in [3.63, 3.8) is 0 Å². The molecule has 0 bridgehead atoms. The number of aryl methyl sites for hydroxylation is 2. The van der Waals surface area contributed by atoms with Crippen molar-refractivity contribution >= 4 is 43.9 Å². The molecule has 3 rings (SSSR count). The predicted octanol–water partition coefficient (Wildman–Crippen LogP) is 3.64. The summed E-state index contributed by atoms with van der Waals surface area (Å²) in [5, 5.41) is 6.48. The lowest BCUT2D eigenvalue weighted by molar-refractivity contribution is -0.116. The van der Waals surface area contributed by atoms with Crippen LogP contribution in [0.15, 0.2) is 23.6 Å². The number of aromatic nitrogens is 2. The Morgan fingerprint density at radius 2 is 2.23 bits per heavy atom. The summed E-state index contributed by atoms with van der Waals surface area (Å²) in [6.45, 7) is 1.96. The summed E-state index contributed by atoms with van der Waals surface area (Å²) in [4.78, 5) is 20.8. The third kappa shape index (κ3) is 3.42. The fourth-order valence-corrected chi connectivity index (χ4v) is 3.59. The number of amides is 1.